The molecule has 0 radical (unpaired) electrons. The first-order valence-electron chi connectivity index (χ1n) is 5.94. The summed E-state index contributed by atoms with van der Waals surface area (Å²) in [4.78, 5) is 11.8. The van der Waals surface area contributed by atoms with E-state index < -0.39 is 0 Å². The zero-order valence-corrected chi connectivity index (χ0v) is 12.3. The molecule has 1 aromatic rings. The molecule has 0 fully saturated rings. The minimum absolute atomic E-state index is 0.158. The van der Waals surface area contributed by atoms with Gasteiger partial charge in [0, 0.05) is 17.4 Å². The van der Waals surface area contributed by atoms with E-state index in [0.717, 1.165) is 25.7 Å². The zero-order valence-electron chi connectivity index (χ0n) is 10.0. The molecule has 0 unspecified atom stereocenters. The SMILES string of the molecule is O=C(NCCCCCCCl)c1ccc(Cl)cc1Cl. The number of hydrogen-bond acceptors (Lipinski definition) is 1. The Hall–Kier alpha value is -0.440. The van der Waals surface area contributed by atoms with E-state index in [2.05, 4.69) is 5.32 Å². The molecule has 2 nitrogen and oxygen atoms in total. The van der Waals surface area contributed by atoms with E-state index in [1.54, 1.807) is 18.2 Å². The second-order valence-electron chi connectivity index (χ2n) is 3.98. The first kappa shape index (κ1) is 15.6. The van der Waals surface area contributed by atoms with E-state index in [-0.39, 0.29) is 5.91 Å². The second kappa shape index (κ2) is 8.63. The third kappa shape index (κ3) is 5.47. The van der Waals surface area contributed by atoms with Gasteiger partial charge in [0.15, 0.2) is 0 Å². The Kier molecular flexibility index (Phi) is 7.48. The molecule has 0 spiro atoms. The van der Waals surface area contributed by atoms with E-state index in [4.69, 9.17) is 34.8 Å². The van der Waals surface area contributed by atoms with Gasteiger partial charge in [-0.05, 0) is 31.0 Å². The van der Waals surface area contributed by atoms with Gasteiger partial charge >= 0.3 is 0 Å². The average molecular weight is 309 g/mol. The normalized spacial score (nSPS) is 10.4. The van der Waals surface area contributed by atoms with Gasteiger partial charge in [-0.15, -0.1) is 11.6 Å². The quantitative estimate of drug-likeness (QED) is 0.582. The standard InChI is InChI=1S/C13H16Cl3NO/c14-7-3-1-2-4-8-17-13(18)11-6-5-10(15)9-12(11)16/h5-6,9H,1-4,7-8H2,(H,17,18). The van der Waals surface area contributed by atoms with Gasteiger partial charge in [-0.1, -0.05) is 36.0 Å². The van der Waals surface area contributed by atoms with Gasteiger partial charge in [0.1, 0.15) is 0 Å². The van der Waals surface area contributed by atoms with E-state index in [9.17, 15) is 4.79 Å². The molecule has 0 atom stereocenters. The highest BCUT2D eigenvalue weighted by atomic mass is 35.5. The Bertz CT molecular complexity index is 396. The maximum absolute atomic E-state index is 11.8. The van der Waals surface area contributed by atoms with Gasteiger partial charge in [0.25, 0.3) is 5.91 Å². The van der Waals surface area contributed by atoms with Crippen molar-refractivity contribution in [3.8, 4) is 0 Å². The van der Waals surface area contributed by atoms with Crippen molar-refractivity contribution >= 4 is 40.7 Å². The van der Waals surface area contributed by atoms with Crippen molar-refractivity contribution in [2.75, 3.05) is 12.4 Å². The minimum Gasteiger partial charge on any atom is -0.352 e. The van der Waals surface area contributed by atoms with Gasteiger partial charge in [-0.2, -0.15) is 0 Å². The summed E-state index contributed by atoms with van der Waals surface area (Å²) in [5.74, 6) is 0.543. The lowest BCUT2D eigenvalue weighted by Crippen LogP contribution is -2.24. The van der Waals surface area contributed by atoms with E-state index >= 15 is 0 Å². The van der Waals surface area contributed by atoms with Crippen LogP contribution in [0.15, 0.2) is 18.2 Å². The third-order valence-corrected chi connectivity index (χ3v) is 3.34. The predicted octanol–water partition coefficient (Wildman–Crippen LogP) is 4.52. The number of rotatable bonds is 7. The highest BCUT2D eigenvalue weighted by Crippen LogP contribution is 2.20. The van der Waals surface area contributed by atoms with Crippen LogP contribution < -0.4 is 5.32 Å². The first-order chi connectivity index (χ1) is 8.65. The lowest BCUT2D eigenvalue weighted by molar-refractivity contribution is 0.0953. The molecule has 0 aliphatic carbocycles. The van der Waals surface area contributed by atoms with Crippen LogP contribution in [0.5, 0.6) is 0 Å². The summed E-state index contributed by atoms with van der Waals surface area (Å²) in [6.45, 7) is 0.653. The van der Waals surface area contributed by atoms with Crippen LogP contribution >= 0.6 is 34.8 Å². The first-order valence-corrected chi connectivity index (χ1v) is 7.23. The molecule has 1 aromatic carbocycles. The van der Waals surface area contributed by atoms with E-state index in [1.807, 2.05) is 0 Å². The topological polar surface area (TPSA) is 29.1 Å². The number of halogens is 3. The summed E-state index contributed by atoms with van der Waals surface area (Å²) in [5, 5.41) is 3.74. The number of hydrogen-bond donors (Lipinski definition) is 1. The fourth-order valence-electron chi connectivity index (χ4n) is 1.54. The Morgan fingerprint density at radius 1 is 1.11 bits per heavy atom. The van der Waals surface area contributed by atoms with Crippen molar-refractivity contribution < 1.29 is 4.79 Å². The Morgan fingerprint density at radius 2 is 1.83 bits per heavy atom. The van der Waals surface area contributed by atoms with Crippen molar-refractivity contribution in [3.05, 3.63) is 33.8 Å². The van der Waals surface area contributed by atoms with Gasteiger partial charge < -0.3 is 5.32 Å². The lowest BCUT2D eigenvalue weighted by Gasteiger charge is -2.06. The number of alkyl halides is 1. The van der Waals surface area contributed by atoms with Crippen LogP contribution in [0.3, 0.4) is 0 Å². The molecule has 1 N–H and O–H groups in total. The fraction of sp³-hybridized carbons (Fsp3) is 0.462. The fourth-order valence-corrected chi connectivity index (χ4v) is 2.23. The lowest BCUT2D eigenvalue weighted by atomic mass is 10.2. The second-order valence-corrected chi connectivity index (χ2v) is 5.20. The summed E-state index contributed by atoms with van der Waals surface area (Å²) in [6.07, 6.45) is 4.15. The molecule has 18 heavy (non-hydrogen) atoms. The van der Waals surface area contributed by atoms with Crippen LogP contribution in [-0.4, -0.2) is 18.3 Å². The molecule has 0 aliphatic rings. The molecule has 1 amide bonds. The monoisotopic (exact) mass is 307 g/mol. The van der Waals surface area contributed by atoms with Crippen molar-refractivity contribution in [2.45, 2.75) is 25.7 Å². The van der Waals surface area contributed by atoms with Crippen molar-refractivity contribution in [1.82, 2.24) is 5.32 Å². The van der Waals surface area contributed by atoms with Gasteiger partial charge in [-0.25, -0.2) is 0 Å². The van der Waals surface area contributed by atoms with Crippen LogP contribution in [0.25, 0.3) is 0 Å². The molecule has 5 heteroatoms. The highest BCUT2D eigenvalue weighted by molar-refractivity contribution is 6.36. The minimum atomic E-state index is -0.158. The largest absolute Gasteiger partial charge is 0.352 e. The zero-order chi connectivity index (χ0) is 13.4. The molecule has 0 bridgehead atoms. The molecule has 1 rings (SSSR count). The smallest absolute Gasteiger partial charge is 0.252 e. The van der Waals surface area contributed by atoms with E-state index in [1.165, 1.54) is 0 Å². The molecule has 0 aromatic heterocycles. The molecular formula is C13H16Cl3NO. The molecule has 0 aliphatic heterocycles. The third-order valence-electron chi connectivity index (χ3n) is 2.52. The van der Waals surface area contributed by atoms with Crippen molar-refractivity contribution in [3.63, 3.8) is 0 Å². The molecule has 0 heterocycles. The average Bonchev–Trinajstić information content (AvgIpc) is 2.33. The molecule has 100 valence electrons. The predicted molar refractivity (Wildman–Crippen MR) is 78.0 cm³/mol. The Labute approximate surface area is 123 Å². The summed E-state index contributed by atoms with van der Waals surface area (Å²) in [5.41, 5.74) is 0.460. The van der Waals surface area contributed by atoms with Crippen LogP contribution in [0.2, 0.25) is 10.0 Å². The molecule has 0 saturated carbocycles. The number of benzene rings is 1. The number of carbonyl (C=O) groups is 1. The Morgan fingerprint density at radius 3 is 2.50 bits per heavy atom. The van der Waals surface area contributed by atoms with Gasteiger partial charge in [-0.3, -0.25) is 4.79 Å². The highest BCUT2D eigenvalue weighted by Gasteiger charge is 2.09. The summed E-state index contributed by atoms with van der Waals surface area (Å²) in [7, 11) is 0. The number of amides is 1. The maximum Gasteiger partial charge on any atom is 0.252 e. The van der Waals surface area contributed by atoms with Crippen LogP contribution in [0.1, 0.15) is 36.0 Å². The van der Waals surface area contributed by atoms with Crippen LogP contribution in [0, 0.1) is 0 Å². The summed E-state index contributed by atoms with van der Waals surface area (Å²) >= 11 is 17.3. The van der Waals surface area contributed by atoms with Crippen LogP contribution in [0.4, 0.5) is 0 Å². The summed E-state index contributed by atoms with van der Waals surface area (Å²) in [6, 6.07) is 4.86. The number of nitrogens with one attached hydrogen (secondary N) is 1. The Balaban J connectivity index is 2.32. The van der Waals surface area contributed by atoms with Crippen molar-refractivity contribution in [2.24, 2.45) is 0 Å². The molecule has 0 saturated heterocycles. The maximum atomic E-state index is 11.8. The van der Waals surface area contributed by atoms with Gasteiger partial charge in [0.05, 0.1) is 10.6 Å². The van der Waals surface area contributed by atoms with E-state index in [0.29, 0.717) is 28.0 Å². The van der Waals surface area contributed by atoms with Crippen molar-refractivity contribution in [1.29, 1.82) is 0 Å². The van der Waals surface area contributed by atoms with Crippen LogP contribution in [-0.2, 0) is 0 Å². The summed E-state index contributed by atoms with van der Waals surface area (Å²) < 4.78 is 0. The van der Waals surface area contributed by atoms with Gasteiger partial charge in [0.2, 0.25) is 0 Å². The molecular weight excluding hydrogens is 293 g/mol. The number of carbonyl (C=O) groups excluding carboxylic acids is 1. The number of unbranched alkanes of at least 4 members (excludes halogenated alkanes) is 3.